The lowest BCUT2D eigenvalue weighted by atomic mass is 9.70. The van der Waals surface area contributed by atoms with Crippen molar-refractivity contribution in [3.63, 3.8) is 0 Å². The van der Waals surface area contributed by atoms with Crippen molar-refractivity contribution >= 4 is 43.1 Å². The molecule has 47 heavy (non-hydrogen) atoms. The van der Waals surface area contributed by atoms with Crippen LogP contribution in [-0.2, 0) is 12.8 Å². The lowest BCUT2D eigenvalue weighted by molar-refractivity contribution is 0.306. The van der Waals surface area contributed by atoms with Gasteiger partial charge in [0.1, 0.15) is 0 Å². The molecule has 6 rings (SSSR count). The Morgan fingerprint density at radius 1 is 0.447 bits per heavy atom. The van der Waals surface area contributed by atoms with Crippen LogP contribution in [0.5, 0.6) is 0 Å². The highest BCUT2D eigenvalue weighted by Crippen LogP contribution is 2.47. The Morgan fingerprint density at radius 2 is 0.894 bits per heavy atom. The molecule has 0 heteroatoms. The molecule has 0 N–H and O–H groups in total. The summed E-state index contributed by atoms with van der Waals surface area (Å²) in [6, 6.07) is 37.6. The summed E-state index contributed by atoms with van der Waals surface area (Å²) in [6.45, 7) is 12.0. The molecule has 0 aliphatic carbocycles. The van der Waals surface area contributed by atoms with Crippen LogP contribution in [0.4, 0.5) is 0 Å². The maximum atomic E-state index is 2.52. The van der Waals surface area contributed by atoms with Crippen molar-refractivity contribution < 1.29 is 0 Å². The van der Waals surface area contributed by atoms with Crippen LogP contribution in [0.3, 0.4) is 0 Å². The Balaban J connectivity index is 1.67. The number of rotatable bonds is 15. The predicted molar refractivity (Wildman–Crippen MR) is 209 cm³/mol. The van der Waals surface area contributed by atoms with Gasteiger partial charge in [0.2, 0.25) is 0 Å². The minimum Gasteiger partial charge on any atom is -0.0654 e. The molecular weight excluding hydrogens is 565 g/mol. The molecule has 0 spiro atoms. The third kappa shape index (κ3) is 7.13. The second kappa shape index (κ2) is 15.1. The molecule has 0 saturated carbocycles. The molecule has 0 aliphatic rings. The lowest BCUT2D eigenvalue weighted by Gasteiger charge is -2.34. The van der Waals surface area contributed by atoms with Crippen molar-refractivity contribution in [3.05, 3.63) is 119 Å². The van der Waals surface area contributed by atoms with Gasteiger partial charge in [-0.05, 0) is 103 Å². The summed E-state index contributed by atoms with van der Waals surface area (Å²) in [6.07, 6.45) is 14.9. The molecule has 6 aromatic rings. The third-order valence-corrected chi connectivity index (χ3v) is 11.1. The van der Waals surface area contributed by atoms with Gasteiger partial charge >= 0.3 is 0 Å². The molecule has 0 atom stereocenters. The minimum absolute atomic E-state index is 0.210. The van der Waals surface area contributed by atoms with Crippen molar-refractivity contribution in [2.75, 3.05) is 0 Å². The van der Waals surface area contributed by atoms with E-state index >= 15 is 0 Å². The molecule has 0 nitrogen and oxygen atoms in total. The van der Waals surface area contributed by atoms with Gasteiger partial charge in [-0.15, -0.1) is 0 Å². The SMILES string of the molecule is CCCCCCc1ccc2c(ccc3ccccc32)c1C(CC(C)(C)CC)c1c(CCCCCC)ccc2c1ccc1ccccc12. The number of aryl methyl sites for hydroxylation is 2. The summed E-state index contributed by atoms with van der Waals surface area (Å²) in [5, 5.41) is 11.2. The van der Waals surface area contributed by atoms with Crippen LogP contribution in [0.2, 0.25) is 0 Å². The molecule has 0 aromatic heterocycles. The van der Waals surface area contributed by atoms with Crippen molar-refractivity contribution in [2.45, 2.75) is 118 Å². The van der Waals surface area contributed by atoms with E-state index in [1.807, 2.05) is 0 Å². The van der Waals surface area contributed by atoms with Gasteiger partial charge in [0.05, 0.1) is 0 Å². The molecular formula is C47H56. The Bertz CT molecular complexity index is 1820. The predicted octanol–water partition coefficient (Wildman–Crippen LogP) is 14.5. The summed E-state index contributed by atoms with van der Waals surface area (Å²) in [5.74, 6) is 0.321. The summed E-state index contributed by atoms with van der Waals surface area (Å²) >= 11 is 0. The second-order valence-electron chi connectivity index (χ2n) is 14.9. The van der Waals surface area contributed by atoms with E-state index in [1.54, 1.807) is 22.3 Å². The highest BCUT2D eigenvalue weighted by atomic mass is 14.3. The van der Waals surface area contributed by atoms with Gasteiger partial charge in [-0.25, -0.2) is 0 Å². The van der Waals surface area contributed by atoms with Crippen LogP contribution in [0, 0.1) is 5.41 Å². The monoisotopic (exact) mass is 620 g/mol. The molecule has 0 heterocycles. The highest BCUT2D eigenvalue weighted by molar-refractivity contribution is 6.11. The van der Waals surface area contributed by atoms with Gasteiger partial charge < -0.3 is 0 Å². The lowest BCUT2D eigenvalue weighted by Crippen LogP contribution is -2.19. The fraction of sp³-hybridized carbons (Fsp3) is 0.404. The van der Waals surface area contributed by atoms with Crippen LogP contribution in [0.25, 0.3) is 43.1 Å². The van der Waals surface area contributed by atoms with Gasteiger partial charge in [-0.2, -0.15) is 0 Å². The van der Waals surface area contributed by atoms with Crippen LogP contribution < -0.4 is 0 Å². The number of unbranched alkanes of at least 4 members (excludes halogenated alkanes) is 6. The van der Waals surface area contributed by atoms with E-state index < -0.39 is 0 Å². The Morgan fingerprint density at radius 3 is 1.34 bits per heavy atom. The zero-order valence-corrected chi connectivity index (χ0v) is 29.8. The molecule has 0 unspecified atom stereocenters. The van der Waals surface area contributed by atoms with E-state index in [2.05, 4.69) is 132 Å². The number of hydrogen-bond acceptors (Lipinski definition) is 0. The number of hydrogen-bond donors (Lipinski definition) is 0. The van der Waals surface area contributed by atoms with E-state index in [4.69, 9.17) is 0 Å². The summed E-state index contributed by atoms with van der Waals surface area (Å²) in [4.78, 5) is 0. The Labute approximate surface area is 284 Å². The van der Waals surface area contributed by atoms with Gasteiger partial charge in [0.25, 0.3) is 0 Å². The van der Waals surface area contributed by atoms with Crippen molar-refractivity contribution in [1.82, 2.24) is 0 Å². The van der Waals surface area contributed by atoms with Crippen LogP contribution >= 0.6 is 0 Å². The quantitative estimate of drug-likeness (QED) is 0.0791. The van der Waals surface area contributed by atoms with Crippen molar-refractivity contribution in [2.24, 2.45) is 5.41 Å². The number of benzene rings is 6. The molecule has 0 radical (unpaired) electrons. The zero-order chi connectivity index (χ0) is 32.8. The molecule has 6 aromatic carbocycles. The third-order valence-electron chi connectivity index (χ3n) is 11.1. The van der Waals surface area contributed by atoms with E-state index in [0.29, 0.717) is 5.92 Å². The Kier molecular flexibility index (Phi) is 10.7. The first-order chi connectivity index (χ1) is 23.0. The first-order valence-corrected chi connectivity index (χ1v) is 18.8. The average Bonchev–Trinajstić information content (AvgIpc) is 3.10. The topological polar surface area (TPSA) is 0 Å². The Hall–Kier alpha value is -3.64. The van der Waals surface area contributed by atoms with Gasteiger partial charge in [-0.1, -0.05) is 177 Å². The fourth-order valence-corrected chi connectivity index (χ4v) is 8.10. The van der Waals surface area contributed by atoms with Gasteiger partial charge in [-0.3, -0.25) is 0 Å². The maximum Gasteiger partial charge on any atom is 0.0112 e. The van der Waals surface area contributed by atoms with Gasteiger partial charge in [0.15, 0.2) is 0 Å². The van der Waals surface area contributed by atoms with Crippen molar-refractivity contribution in [3.8, 4) is 0 Å². The van der Waals surface area contributed by atoms with E-state index in [0.717, 1.165) is 19.3 Å². The van der Waals surface area contributed by atoms with E-state index in [-0.39, 0.29) is 5.41 Å². The van der Waals surface area contributed by atoms with E-state index in [1.165, 1.54) is 101 Å². The molecule has 0 bridgehead atoms. The highest BCUT2D eigenvalue weighted by Gasteiger charge is 2.30. The fourth-order valence-electron chi connectivity index (χ4n) is 8.10. The molecule has 0 fully saturated rings. The molecule has 244 valence electrons. The number of fused-ring (bicyclic) bond motifs is 6. The normalized spacial score (nSPS) is 12.3. The van der Waals surface area contributed by atoms with E-state index in [9.17, 15) is 0 Å². The maximum absolute atomic E-state index is 2.52. The zero-order valence-electron chi connectivity index (χ0n) is 29.8. The second-order valence-corrected chi connectivity index (χ2v) is 14.9. The minimum atomic E-state index is 0.210. The van der Waals surface area contributed by atoms with Crippen LogP contribution in [0.1, 0.15) is 127 Å². The summed E-state index contributed by atoms with van der Waals surface area (Å²) in [5.41, 5.74) is 6.54. The smallest absolute Gasteiger partial charge is 0.0112 e. The molecule has 0 aliphatic heterocycles. The van der Waals surface area contributed by atoms with Crippen molar-refractivity contribution in [1.29, 1.82) is 0 Å². The molecule has 0 amide bonds. The summed E-state index contributed by atoms with van der Waals surface area (Å²) < 4.78 is 0. The largest absolute Gasteiger partial charge is 0.0654 e. The van der Waals surface area contributed by atoms with Crippen LogP contribution in [0.15, 0.2) is 97.1 Å². The first-order valence-electron chi connectivity index (χ1n) is 18.8. The standard InChI is InChI=1S/C47H56/c1-6-9-11-13-21-36-27-29-40-38-23-17-15-19-34(38)25-31-42(40)45(36)44(33-47(4,5)8-3)46-37(22-14-12-10-7-2)28-30-41-39-24-18-16-20-35(39)26-32-43(41)46/h15-20,23-32,44H,6-14,21-22,33H2,1-5H3. The van der Waals surface area contributed by atoms with Gasteiger partial charge in [0, 0.05) is 5.92 Å². The first kappa shape index (κ1) is 33.3. The molecule has 0 saturated heterocycles. The average molecular weight is 621 g/mol. The van der Waals surface area contributed by atoms with Crippen LogP contribution in [-0.4, -0.2) is 0 Å². The summed E-state index contributed by atoms with van der Waals surface area (Å²) in [7, 11) is 0.